The molecule has 0 aliphatic heterocycles. The van der Waals surface area contributed by atoms with Gasteiger partial charge in [-0.1, -0.05) is 78.4 Å². The van der Waals surface area contributed by atoms with Crippen LogP contribution in [0.15, 0.2) is 70.4 Å². The Hall–Kier alpha value is -1.86. The molecule has 1 aromatic carbocycles. The molecule has 3 aliphatic rings. The Morgan fingerprint density at radius 3 is 1.89 bits per heavy atom. The van der Waals surface area contributed by atoms with Crippen molar-refractivity contribution >= 4 is 14.1 Å². The SMILES string of the molecule is CC1=Cc2c(C3C=CC=C3)cccc2C1[Si](C)(C)C1C(C)=C(C)C(C)=C1C. The lowest BCUT2D eigenvalue weighted by molar-refractivity contribution is 0.967. The minimum Gasteiger partial charge on any atom is -0.0732 e. The largest absolute Gasteiger partial charge is 0.0732 e. The number of rotatable bonds is 3. The van der Waals surface area contributed by atoms with Crippen LogP contribution in [-0.2, 0) is 0 Å². The van der Waals surface area contributed by atoms with Crippen LogP contribution in [-0.4, -0.2) is 8.07 Å². The molecule has 0 aromatic heterocycles. The zero-order chi connectivity index (χ0) is 19.5. The lowest BCUT2D eigenvalue weighted by Crippen LogP contribution is -2.41. The van der Waals surface area contributed by atoms with Crippen molar-refractivity contribution < 1.29 is 0 Å². The first-order valence-electron chi connectivity index (χ1n) is 10.3. The van der Waals surface area contributed by atoms with E-state index in [-0.39, 0.29) is 0 Å². The molecule has 0 fully saturated rings. The Morgan fingerprint density at radius 2 is 1.30 bits per heavy atom. The maximum atomic E-state index is 2.62. The molecule has 0 N–H and O–H groups in total. The molecule has 1 atom stereocenters. The van der Waals surface area contributed by atoms with E-state index >= 15 is 0 Å². The van der Waals surface area contributed by atoms with E-state index in [1.54, 1.807) is 22.3 Å². The van der Waals surface area contributed by atoms with Gasteiger partial charge in [0.2, 0.25) is 0 Å². The van der Waals surface area contributed by atoms with Gasteiger partial charge in [-0.2, -0.15) is 0 Å². The fourth-order valence-electron chi connectivity index (χ4n) is 6.13. The zero-order valence-electron chi connectivity index (χ0n) is 17.9. The zero-order valence-corrected chi connectivity index (χ0v) is 18.9. The Labute approximate surface area is 166 Å². The molecule has 0 saturated heterocycles. The van der Waals surface area contributed by atoms with Gasteiger partial charge in [0.25, 0.3) is 0 Å². The number of allylic oxidation sites excluding steroid dienone is 9. The van der Waals surface area contributed by atoms with Crippen LogP contribution in [0, 0.1) is 0 Å². The highest BCUT2D eigenvalue weighted by Crippen LogP contribution is 2.55. The number of fused-ring (bicyclic) bond motifs is 1. The van der Waals surface area contributed by atoms with E-state index in [0.717, 1.165) is 0 Å². The minimum atomic E-state index is -1.64. The molecule has 0 saturated carbocycles. The second kappa shape index (κ2) is 6.34. The number of benzene rings is 1. The van der Waals surface area contributed by atoms with Crippen molar-refractivity contribution in [3.8, 4) is 0 Å². The van der Waals surface area contributed by atoms with Gasteiger partial charge in [-0.05, 0) is 68.0 Å². The summed E-state index contributed by atoms with van der Waals surface area (Å²) in [5.74, 6) is 0.437. The smallest absolute Gasteiger partial charge is 0.0717 e. The van der Waals surface area contributed by atoms with Crippen molar-refractivity contribution in [3.63, 3.8) is 0 Å². The molecule has 0 bridgehead atoms. The normalized spacial score (nSPS) is 23.1. The Bertz CT molecular complexity index is 926. The van der Waals surface area contributed by atoms with Crippen molar-refractivity contribution in [2.45, 2.75) is 64.7 Å². The molecule has 1 aromatic rings. The van der Waals surface area contributed by atoms with Gasteiger partial charge in [-0.25, -0.2) is 0 Å². The first kappa shape index (κ1) is 18.5. The summed E-state index contributed by atoms with van der Waals surface area (Å²) in [4.78, 5) is 0. The summed E-state index contributed by atoms with van der Waals surface area (Å²) in [6.45, 7) is 17.0. The van der Waals surface area contributed by atoms with Gasteiger partial charge in [0.15, 0.2) is 0 Å². The molecular formula is C26H32Si. The maximum Gasteiger partial charge on any atom is 0.0717 e. The van der Waals surface area contributed by atoms with E-state index in [0.29, 0.717) is 17.0 Å². The summed E-state index contributed by atoms with van der Waals surface area (Å²) >= 11 is 0. The third-order valence-electron chi connectivity index (χ3n) is 7.52. The van der Waals surface area contributed by atoms with Gasteiger partial charge < -0.3 is 0 Å². The van der Waals surface area contributed by atoms with Crippen molar-refractivity contribution in [1.29, 1.82) is 0 Å². The van der Waals surface area contributed by atoms with Crippen molar-refractivity contribution in [3.05, 3.63) is 87.1 Å². The first-order chi connectivity index (χ1) is 12.7. The second-order valence-electron chi connectivity index (χ2n) is 9.34. The fraction of sp³-hybridized carbons (Fsp3) is 0.385. The Balaban J connectivity index is 1.82. The quantitative estimate of drug-likeness (QED) is 0.477. The maximum absolute atomic E-state index is 2.62. The molecule has 0 heterocycles. The standard InChI is InChI=1S/C26H32Si/c1-16-15-24-22(21-11-8-9-12-21)13-10-14-23(24)25(16)27(6,7)26-19(4)17(2)18(3)20(26)5/h8-15,21,25-26H,1-7H3. The Morgan fingerprint density at radius 1 is 0.741 bits per heavy atom. The van der Waals surface area contributed by atoms with E-state index in [2.05, 4.69) is 96.3 Å². The van der Waals surface area contributed by atoms with Gasteiger partial charge in [0, 0.05) is 11.5 Å². The van der Waals surface area contributed by atoms with Crippen molar-refractivity contribution in [2.24, 2.45) is 0 Å². The second-order valence-corrected chi connectivity index (χ2v) is 14.1. The molecule has 1 unspecified atom stereocenters. The van der Waals surface area contributed by atoms with Crippen LogP contribution in [0.4, 0.5) is 0 Å². The van der Waals surface area contributed by atoms with E-state index in [4.69, 9.17) is 0 Å². The topological polar surface area (TPSA) is 0 Å². The van der Waals surface area contributed by atoms with Gasteiger partial charge >= 0.3 is 0 Å². The van der Waals surface area contributed by atoms with Crippen molar-refractivity contribution in [1.82, 2.24) is 0 Å². The monoisotopic (exact) mass is 372 g/mol. The number of hydrogen-bond acceptors (Lipinski definition) is 0. The highest BCUT2D eigenvalue weighted by Gasteiger charge is 2.47. The molecule has 0 radical (unpaired) electrons. The highest BCUT2D eigenvalue weighted by atomic mass is 28.3. The predicted molar refractivity (Wildman–Crippen MR) is 122 cm³/mol. The van der Waals surface area contributed by atoms with Crippen LogP contribution >= 0.6 is 0 Å². The van der Waals surface area contributed by atoms with Gasteiger partial charge in [0.1, 0.15) is 0 Å². The van der Waals surface area contributed by atoms with Gasteiger partial charge in [0.05, 0.1) is 8.07 Å². The molecule has 0 amide bonds. The predicted octanol–water partition coefficient (Wildman–Crippen LogP) is 7.70. The van der Waals surface area contributed by atoms with Crippen LogP contribution in [0.3, 0.4) is 0 Å². The van der Waals surface area contributed by atoms with E-state index in [1.807, 2.05) is 0 Å². The molecule has 0 spiro atoms. The molecular weight excluding hydrogens is 340 g/mol. The average molecular weight is 373 g/mol. The minimum absolute atomic E-state index is 0.437. The van der Waals surface area contributed by atoms with Gasteiger partial charge in [-0.15, -0.1) is 0 Å². The molecule has 140 valence electrons. The van der Waals surface area contributed by atoms with Crippen LogP contribution in [0.5, 0.6) is 0 Å². The summed E-state index contributed by atoms with van der Waals surface area (Å²) in [6, 6.07) is 7.01. The fourth-order valence-corrected chi connectivity index (χ4v) is 11.4. The number of hydrogen-bond donors (Lipinski definition) is 0. The third kappa shape index (κ3) is 2.62. The van der Waals surface area contributed by atoms with E-state index in [1.165, 1.54) is 22.3 Å². The summed E-state index contributed by atoms with van der Waals surface area (Å²) < 4.78 is 0. The molecule has 4 rings (SSSR count). The molecule has 0 nitrogen and oxygen atoms in total. The highest BCUT2D eigenvalue weighted by molar-refractivity contribution is 6.82. The Kier molecular flexibility index (Phi) is 4.34. The molecule has 27 heavy (non-hydrogen) atoms. The van der Waals surface area contributed by atoms with Crippen molar-refractivity contribution in [2.75, 3.05) is 0 Å². The first-order valence-corrected chi connectivity index (χ1v) is 13.4. The summed E-state index contributed by atoms with van der Waals surface area (Å²) in [7, 11) is -1.64. The summed E-state index contributed by atoms with van der Waals surface area (Å²) in [5, 5.41) is 0. The van der Waals surface area contributed by atoms with Crippen LogP contribution in [0.1, 0.15) is 62.8 Å². The average Bonchev–Trinajstić information content (AvgIpc) is 3.30. The van der Waals surface area contributed by atoms with E-state index in [9.17, 15) is 0 Å². The lowest BCUT2D eigenvalue weighted by Gasteiger charge is -2.39. The van der Waals surface area contributed by atoms with Crippen LogP contribution in [0.25, 0.3) is 6.08 Å². The molecule has 1 heteroatoms. The van der Waals surface area contributed by atoms with E-state index < -0.39 is 8.07 Å². The summed E-state index contributed by atoms with van der Waals surface area (Å²) in [6.07, 6.45) is 11.5. The lowest BCUT2D eigenvalue weighted by atomic mass is 9.93. The summed E-state index contributed by atoms with van der Waals surface area (Å²) in [5.41, 5.74) is 13.7. The third-order valence-corrected chi connectivity index (χ3v) is 12.1. The van der Waals surface area contributed by atoms with Gasteiger partial charge in [-0.3, -0.25) is 0 Å². The van der Waals surface area contributed by atoms with Crippen LogP contribution < -0.4 is 0 Å². The molecule has 3 aliphatic carbocycles. The van der Waals surface area contributed by atoms with Crippen LogP contribution in [0.2, 0.25) is 18.6 Å².